The van der Waals surface area contributed by atoms with Crippen LogP contribution in [0.1, 0.15) is 6.92 Å². The Kier molecular flexibility index (Phi) is 3.44. The molecule has 0 saturated heterocycles. The number of carbonyl (C=O) groups is 1. The van der Waals surface area contributed by atoms with Gasteiger partial charge in [0, 0.05) is 0 Å². The third-order valence-electron chi connectivity index (χ3n) is 1.08. The summed E-state index contributed by atoms with van der Waals surface area (Å²) in [4.78, 5) is 10.6. The zero-order valence-corrected chi connectivity index (χ0v) is 5.87. The fourth-order valence-corrected chi connectivity index (χ4v) is 0.484. The summed E-state index contributed by atoms with van der Waals surface area (Å²) >= 11 is 0. The van der Waals surface area contributed by atoms with Crippen molar-refractivity contribution in [1.82, 2.24) is 0 Å². The van der Waals surface area contributed by atoms with Crippen molar-refractivity contribution in [2.24, 2.45) is 5.92 Å². The lowest BCUT2D eigenvalue weighted by molar-refractivity contribution is -0.146. The molecule has 56 valence electrons. The molecule has 0 saturated carbocycles. The second-order valence-electron chi connectivity index (χ2n) is 1.87. The van der Waals surface area contributed by atoms with E-state index in [1.165, 1.54) is 14.0 Å². The molecule has 0 fully saturated rings. The minimum Gasteiger partial charge on any atom is -0.468 e. The minimum absolute atomic E-state index is 0.697. The first kappa shape index (κ1) is 8.92. The molecule has 0 aliphatic carbocycles. The molecule has 2 unspecified atom stereocenters. The molecule has 0 aromatic heterocycles. The van der Waals surface area contributed by atoms with E-state index in [-0.39, 0.29) is 0 Å². The maximum atomic E-state index is 10.6. The lowest BCUT2D eigenvalue weighted by Gasteiger charge is -2.07. The van der Waals surface area contributed by atoms with Crippen molar-refractivity contribution in [3.05, 3.63) is 0 Å². The summed E-state index contributed by atoms with van der Waals surface area (Å²) in [6.45, 7) is 1.37. The molecule has 0 rings (SSSR count). The summed E-state index contributed by atoms with van der Waals surface area (Å²) in [5.41, 5.74) is 0. The van der Waals surface area contributed by atoms with E-state index in [9.17, 15) is 4.79 Å². The van der Waals surface area contributed by atoms with Gasteiger partial charge in [0.1, 0.15) is 0 Å². The number of hydrogen-bond acceptors (Lipinski definition) is 4. The van der Waals surface area contributed by atoms with Gasteiger partial charge in [-0.25, -0.2) is 0 Å². The molecule has 0 amide bonds. The van der Waals surface area contributed by atoms with E-state index in [4.69, 9.17) is 10.4 Å². The Morgan fingerprint density at radius 2 is 2.30 bits per heavy atom. The molecule has 0 aliphatic heterocycles. The van der Waals surface area contributed by atoms with Crippen LogP contribution in [-0.2, 0) is 9.53 Å². The summed E-state index contributed by atoms with van der Waals surface area (Å²) in [6.07, 6.45) is -0.975. The number of aliphatic hydroxyl groups excluding tert-OH is 1. The molecule has 0 aromatic carbocycles. The van der Waals surface area contributed by atoms with Crippen LogP contribution in [0, 0.1) is 17.2 Å². The highest BCUT2D eigenvalue weighted by molar-refractivity contribution is 5.75. The maximum absolute atomic E-state index is 10.6. The van der Waals surface area contributed by atoms with Crippen LogP contribution < -0.4 is 0 Å². The van der Waals surface area contributed by atoms with E-state index in [0.717, 1.165) is 0 Å². The standard InChI is InChI=1S/C6H9NO3/c1-4(8)5(3-7)6(9)10-2/h4-5,8H,1-2H3. The topological polar surface area (TPSA) is 70.3 Å². The third kappa shape index (κ3) is 2.03. The van der Waals surface area contributed by atoms with Gasteiger partial charge in [0.2, 0.25) is 0 Å². The number of rotatable bonds is 2. The van der Waals surface area contributed by atoms with Gasteiger partial charge in [0.05, 0.1) is 19.3 Å². The van der Waals surface area contributed by atoms with E-state index in [0.29, 0.717) is 0 Å². The molecule has 4 nitrogen and oxygen atoms in total. The Hall–Kier alpha value is -1.08. The van der Waals surface area contributed by atoms with Gasteiger partial charge < -0.3 is 9.84 Å². The number of esters is 1. The van der Waals surface area contributed by atoms with Crippen LogP contribution in [0.15, 0.2) is 0 Å². The van der Waals surface area contributed by atoms with Gasteiger partial charge >= 0.3 is 5.97 Å². The van der Waals surface area contributed by atoms with Gasteiger partial charge in [-0.05, 0) is 6.92 Å². The summed E-state index contributed by atoms with van der Waals surface area (Å²) in [5, 5.41) is 17.1. The van der Waals surface area contributed by atoms with E-state index < -0.39 is 18.0 Å². The van der Waals surface area contributed by atoms with Gasteiger partial charge in [-0.3, -0.25) is 4.79 Å². The Bertz CT molecular complexity index is 159. The van der Waals surface area contributed by atoms with Crippen molar-refractivity contribution in [3.8, 4) is 6.07 Å². The monoisotopic (exact) mass is 143 g/mol. The summed E-state index contributed by atoms with van der Waals surface area (Å²) in [6, 6.07) is 1.63. The molecule has 0 radical (unpaired) electrons. The van der Waals surface area contributed by atoms with Crippen molar-refractivity contribution in [2.45, 2.75) is 13.0 Å². The number of nitrogens with zero attached hydrogens (tertiary/aromatic N) is 1. The Morgan fingerprint density at radius 3 is 2.40 bits per heavy atom. The molecule has 0 heterocycles. The summed E-state index contributed by atoms with van der Waals surface area (Å²) < 4.78 is 4.24. The minimum atomic E-state index is -1.06. The van der Waals surface area contributed by atoms with Crippen molar-refractivity contribution in [3.63, 3.8) is 0 Å². The molecule has 0 aromatic rings. The predicted octanol–water partition coefficient (Wildman–Crippen LogP) is -0.320. The van der Waals surface area contributed by atoms with Crippen molar-refractivity contribution in [1.29, 1.82) is 5.26 Å². The van der Waals surface area contributed by atoms with Crippen LogP contribution in [0.3, 0.4) is 0 Å². The van der Waals surface area contributed by atoms with Crippen LogP contribution in [0.5, 0.6) is 0 Å². The molecular formula is C6H9NO3. The lowest BCUT2D eigenvalue weighted by atomic mass is 10.1. The molecule has 1 N–H and O–H groups in total. The second kappa shape index (κ2) is 3.85. The highest BCUT2D eigenvalue weighted by atomic mass is 16.5. The smallest absolute Gasteiger partial charge is 0.325 e. The number of nitriles is 1. The molecule has 0 aliphatic rings. The van der Waals surface area contributed by atoms with E-state index in [2.05, 4.69) is 4.74 Å². The molecule has 0 bridgehead atoms. The maximum Gasteiger partial charge on any atom is 0.325 e. The SMILES string of the molecule is COC(=O)C(C#N)C(C)O. The Balaban J connectivity index is 4.11. The Morgan fingerprint density at radius 1 is 1.80 bits per heavy atom. The van der Waals surface area contributed by atoms with Gasteiger partial charge in [0.15, 0.2) is 5.92 Å². The first-order valence-corrected chi connectivity index (χ1v) is 2.79. The molecule has 4 heteroatoms. The molecule has 10 heavy (non-hydrogen) atoms. The zero-order chi connectivity index (χ0) is 8.15. The second-order valence-corrected chi connectivity index (χ2v) is 1.87. The normalized spacial score (nSPS) is 15.0. The van der Waals surface area contributed by atoms with Gasteiger partial charge in [-0.1, -0.05) is 0 Å². The van der Waals surface area contributed by atoms with Gasteiger partial charge in [-0.2, -0.15) is 5.26 Å². The van der Waals surface area contributed by atoms with Gasteiger partial charge in [-0.15, -0.1) is 0 Å². The number of carbonyl (C=O) groups excluding carboxylic acids is 1. The van der Waals surface area contributed by atoms with E-state index in [1.807, 2.05) is 0 Å². The first-order chi connectivity index (χ1) is 4.63. The van der Waals surface area contributed by atoms with Crippen molar-refractivity contribution < 1.29 is 14.6 Å². The summed E-state index contributed by atoms with van der Waals surface area (Å²) in [7, 11) is 1.18. The number of methoxy groups -OCH3 is 1. The van der Waals surface area contributed by atoms with Gasteiger partial charge in [0.25, 0.3) is 0 Å². The average molecular weight is 143 g/mol. The number of hydrogen-bond donors (Lipinski definition) is 1. The van der Waals surface area contributed by atoms with Crippen LogP contribution in [0.2, 0.25) is 0 Å². The highest BCUT2D eigenvalue weighted by Crippen LogP contribution is 2.02. The number of ether oxygens (including phenoxy) is 1. The predicted molar refractivity (Wildman–Crippen MR) is 32.8 cm³/mol. The average Bonchev–Trinajstić information content (AvgIpc) is 1.88. The van der Waals surface area contributed by atoms with Crippen molar-refractivity contribution >= 4 is 5.97 Å². The molecule has 0 spiro atoms. The Labute approximate surface area is 59.0 Å². The third-order valence-corrected chi connectivity index (χ3v) is 1.08. The van der Waals surface area contributed by atoms with Crippen molar-refractivity contribution in [2.75, 3.05) is 7.11 Å². The van der Waals surface area contributed by atoms with Crippen LogP contribution in [-0.4, -0.2) is 24.3 Å². The van der Waals surface area contributed by atoms with E-state index in [1.54, 1.807) is 6.07 Å². The fraction of sp³-hybridized carbons (Fsp3) is 0.667. The van der Waals surface area contributed by atoms with Crippen LogP contribution >= 0.6 is 0 Å². The largest absolute Gasteiger partial charge is 0.468 e. The zero-order valence-electron chi connectivity index (χ0n) is 5.87. The first-order valence-electron chi connectivity index (χ1n) is 2.79. The molecule has 2 atom stereocenters. The fourth-order valence-electron chi connectivity index (χ4n) is 0.484. The van der Waals surface area contributed by atoms with E-state index >= 15 is 0 Å². The summed E-state index contributed by atoms with van der Waals surface area (Å²) in [5.74, 6) is -1.76. The lowest BCUT2D eigenvalue weighted by Crippen LogP contribution is -2.25. The highest BCUT2D eigenvalue weighted by Gasteiger charge is 2.23. The quantitative estimate of drug-likeness (QED) is 0.538. The van der Waals surface area contributed by atoms with Crippen LogP contribution in [0.4, 0.5) is 0 Å². The van der Waals surface area contributed by atoms with Crippen LogP contribution in [0.25, 0.3) is 0 Å². The molecular weight excluding hydrogens is 134 g/mol. The number of aliphatic hydroxyl groups is 1.